The number of hydrogen-bond acceptors (Lipinski definition) is 1. The Kier molecular flexibility index (Phi) is 11.4. The molecule has 0 fully saturated rings. The largest absolute Gasteiger partial charge is 0.381 e. The third kappa shape index (κ3) is 10.7. The zero-order valence-corrected chi connectivity index (χ0v) is 9.60. The molecule has 0 atom stereocenters. The van der Waals surface area contributed by atoms with E-state index < -0.39 is 0 Å². The average molecular weight is 270 g/mol. The molecule has 0 radical (unpaired) electrons. The molecule has 0 spiro atoms. The van der Waals surface area contributed by atoms with Crippen molar-refractivity contribution in [3.63, 3.8) is 0 Å². The summed E-state index contributed by atoms with van der Waals surface area (Å²) in [6.45, 7) is 4.15. The molecule has 0 saturated carbocycles. The van der Waals surface area contributed by atoms with Crippen molar-refractivity contribution in [2.75, 3.05) is 17.6 Å². The molecule has 1 nitrogen and oxygen atoms in total. The van der Waals surface area contributed by atoms with Gasteiger partial charge in [0.05, 0.1) is 0 Å². The van der Waals surface area contributed by atoms with Gasteiger partial charge in [-0.25, -0.2) is 0 Å². The summed E-state index contributed by atoms with van der Waals surface area (Å²) in [6.07, 6.45) is 6.37. The first kappa shape index (κ1) is 11.7. The molecule has 0 aromatic carbocycles. The number of rotatable bonds is 8. The zero-order chi connectivity index (χ0) is 8.36. The van der Waals surface area contributed by atoms with Gasteiger partial charge in [0.1, 0.15) is 0 Å². The van der Waals surface area contributed by atoms with Gasteiger partial charge in [0.15, 0.2) is 0 Å². The summed E-state index contributed by atoms with van der Waals surface area (Å²) in [5.74, 6) is 0. The Hall–Kier alpha value is 0.690. The molecular weight excluding hydrogens is 251 g/mol. The van der Waals surface area contributed by atoms with E-state index in [1.807, 2.05) is 0 Å². The highest BCUT2D eigenvalue weighted by Crippen LogP contribution is 1.97. The Morgan fingerprint density at radius 2 is 1.64 bits per heavy atom. The van der Waals surface area contributed by atoms with Crippen LogP contribution >= 0.6 is 22.6 Å². The van der Waals surface area contributed by atoms with Crippen LogP contribution in [-0.2, 0) is 4.74 Å². The Morgan fingerprint density at radius 1 is 1.00 bits per heavy atom. The summed E-state index contributed by atoms with van der Waals surface area (Å²) >= 11 is 2.41. The minimum Gasteiger partial charge on any atom is -0.381 e. The first-order valence-corrected chi connectivity index (χ1v) is 6.08. The van der Waals surface area contributed by atoms with Crippen LogP contribution in [0.25, 0.3) is 0 Å². The quantitative estimate of drug-likeness (QED) is 0.373. The molecule has 68 valence electrons. The van der Waals surface area contributed by atoms with Crippen molar-refractivity contribution in [1.29, 1.82) is 0 Å². The first-order valence-electron chi connectivity index (χ1n) is 4.55. The molecular formula is C9H19IO. The zero-order valence-electron chi connectivity index (χ0n) is 7.44. The fraction of sp³-hybridized carbons (Fsp3) is 1.00. The molecule has 0 aromatic heterocycles. The van der Waals surface area contributed by atoms with E-state index in [0.29, 0.717) is 0 Å². The first-order chi connectivity index (χ1) is 5.41. The molecule has 11 heavy (non-hydrogen) atoms. The van der Waals surface area contributed by atoms with Gasteiger partial charge in [-0.1, -0.05) is 42.4 Å². The predicted molar refractivity (Wildman–Crippen MR) is 58.5 cm³/mol. The van der Waals surface area contributed by atoms with E-state index in [1.54, 1.807) is 0 Å². The van der Waals surface area contributed by atoms with E-state index in [9.17, 15) is 0 Å². The maximum absolute atomic E-state index is 5.43. The van der Waals surface area contributed by atoms with Gasteiger partial charge in [-0.15, -0.1) is 0 Å². The lowest BCUT2D eigenvalue weighted by Crippen LogP contribution is -1.96. The number of ether oxygens (including phenoxy) is 1. The van der Waals surface area contributed by atoms with Crippen LogP contribution in [0.2, 0.25) is 0 Å². The second-order valence-electron chi connectivity index (χ2n) is 2.72. The molecule has 0 heterocycles. The van der Waals surface area contributed by atoms with Gasteiger partial charge in [-0.05, 0) is 23.7 Å². The van der Waals surface area contributed by atoms with Crippen molar-refractivity contribution in [2.24, 2.45) is 0 Å². The molecule has 0 aliphatic carbocycles. The van der Waals surface area contributed by atoms with E-state index in [2.05, 4.69) is 29.5 Å². The molecule has 2 heteroatoms. The minimum atomic E-state index is 0.965. The predicted octanol–water partition coefficient (Wildman–Crippen LogP) is 3.41. The smallest absolute Gasteiger partial charge is 0.0466 e. The summed E-state index contributed by atoms with van der Waals surface area (Å²) in [5.41, 5.74) is 0. The molecule has 0 aliphatic rings. The topological polar surface area (TPSA) is 9.23 Å². The molecule has 0 N–H and O–H groups in total. The standard InChI is InChI=1S/C9H19IO/c1-2-3-5-8-11-9-6-4-7-10/h2-9H2,1H3. The lowest BCUT2D eigenvalue weighted by atomic mass is 10.3. The van der Waals surface area contributed by atoms with E-state index in [4.69, 9.17) is 4.74 Å². The maximum atomic E-state index is 5.43. The van der Waals surface area contributed by atoms with Crippen LogP contribution in [0.5, 0.6) is 0 Å². The number of hydrogen-bond donors (Lipinski definition) is 0. The van der Waals surface area contributed by atoms with Gasteiger partial charge in [0.2, 0.25) is 0 Å². The summed E-state index contributed by atoms with van der Waals surface area (Å²) < 4.78 is 6.69. The molecule has 0 unspecified atom stereocenters. The van der Waals surface area contributed by atoms with Gasteiger partial charge < -0.3 is 4.74 Å². The molecule has 0 amide bonds. The Labute approximate surface area is 84.0 Å². The van der Waals surface area contributed by atoms with Crippen LogP contribution in [0, 0.1) is 0 Å². The van der Waals surface area contributed by atoms with E-state index >= 15 is 0 Å². The summed E-state index contributed by atoms with van der Waals surface area (Å²) in [4.78, 5) is 0. The van der Waals surface area contributed by atoms with Crippen molar-refractivity contribution in [3.05, 3.63) is 0 Å². The number of alkyl halides is 1. The van der Waals surface area contributed by atoms with E-state index in [1.165, 1.54) is 36.5 Å². The van der Waals surface area contributed by atoms with Crippen LogP contribution in [-0.4, -0.2) is 17.6 Å². The average Bonchev–Trinajstić information content (AvgIpc) is 2.03. The van der Waals surface area contributed by atoms with Gasteiger partial charge in [-0.2, -0.15) is 0 Å². The van der Waals surface area contributed by atoms with Crippen LogP contribution in [0.15, 0.2) is 0 Å². The molecule has 0 rings (SSSR count). The summed E-state index contributed by atoms with van der Waals surface area (Å²) in [5, 5.41) is 0. The van der Waals surface area contributed by atoms with Gasteiger partial charge in [0.25, 0.3) is 0 Å². The minimum absolute atomic E-state index is 0.965. The Morgan fingerprint density at radius 3 is 2.18 bits per heavy atom. The van der Waals surface area contributed by atoms with Crippen molar-refractivity contribution >= 4 is 22.6 Å². The third-order valence-corrected chi connectivity index (χ3v) is 2.33. The van der Waals surface area contributed by atoms with Crippen LogP contribution in [0.3, 0.4) is 0 Å². The Balaban J connectivity index is 2.69. The lowest BCUT2D eigenvalue weighted by molar-refractivity contribution is 0.128. The van der Waals surface area contributed by atoms with Gasteiger partial charge in [-0.3, -0.25) is 0 Å². The molecule has 0 aliphatic heterocycles. The molecule has 0 aromatic rings. The summed E-state index contributed by atoms with van der Waals surface area (Å²) in [7, 11) is 0. The highest BCUT2D eigenvalue weighted by Gasteiger charge is 1.88. The third-order valence-electron chi connectivity index (χ3n) is 1.56. The van der Waals surface area contributed by atoms with Crippen molar-refractivity contribution in [2.45, 2.75) is 39.0 Å². The van der Waals surface area contributed by atoms with E-state index in [-0.39, 0.29) is 0 Å². The number of halogens is 1. The monoisotopic (exact) mass is 270 g/mol. The fourth-order valence-corrected chi connectivity index (χ4v) is 1.39. The SMILES string of the molecule is CCCCCOCCCCI. The van der Waals surface area contributed by atoms with E-state index in [0.717, 1.165) is 13.2 Å². The van der Waals surface area contributed by atoms with Crippen molar-refractivity contribution < 1.29 is 4.74 Å². The number of unbranched alkanes of at least 4 members (excludes halogenated alkanes) is 3. The van der Waals surface area contributed by atoms with Gasteiger partial charge >= 0.3 is 0 Å². The highest BCUT2D eigenvalue weighted by atomic mass is 127. The second-order valence-corrected chi connectivity index (χ2v) is 3.79. The Bertz CT molecular complexity index is 58.6. The highest BCUT2D eigenvalue weighted by molar-refractivity contribution is 14.1. The fourth-order valence-electron chi connectivity index (χ4n) is 0.855. The van der Waals surface area contributed by atoms with Crippen molar-refractivity contribution in [1.82, 2.24) is 0 Å². The van der Waals surface area contributed by atoms with Crippen LogP contribution < -0.4 is 0 Å². The van der Waals surface area contributed by atoms with Gasteiger partial charge in [0, 0.05) is 13.2 Å². The second kappa shape index (κ2) is 10.7. The van der Waals surface area contributed by atoms with Crippen LogP contribution in [0.4, 0.5) is 0 Å². The van der Waals surface area contributed by atoms with Crippen molar-refractivity contribution in [3.8, 4) is 0 Å². The normalized spacial score (nSPS) is 10.4. The maximum Gasteiger partial charge on any atom is 0.0466 e. The molecule has 0 bridgehead atoms. The molecule has 0 saturated heterocycles. The lowest BCUT2D eigenvalue weighted by Gasteiger charge is -2.01. The van der Waals surface area contributed by atoms with Crippen LogP contribution in [0.1, 0.15) is 39.0 Å². The summed E-state index contributed by atoms with van der Waals surface area (Å²) in [6, 6.07) is 0.